The number of ether oxygens (including phenoxy) is 1. The molecule has 1 N–H and O–H groups in total. The molecule has 1 aliphatic heterocycles. The van der Waals surface area contributed by atoms with Crippen molar-refractivity contribution in [1.29, 1.82) is 0 Å². The first kappa shape index (κ1) is 9.21. The van der Waals surface area contributed by atoms with E-state index in [0.717, 1.165) is 24.5 Å². The van der Waals surface area contributed by atoms with Gasteiger partial charge in [-0.1, -0.05) is 12.7 Å². The Morgan fingerprint density at radius 2 is 2.50 bits per heavy atom. The minimum absolute atomic E-state index is 0.516. The second-order valence-corrected chi connectivity index (χ2v) is 3.41. The summed E-state index contributed by atoms with van der Waals surface area (Å²) in [5.41, 5.74) is 0.990. The van der Waals surface area contributed by atoms with Gasteiger partial charge in [0, 0.05) is 12.2 Å². The van der Waals surface area contributed by atoms with Crippen molar-refractivity contribution in [2.75, 3.05) is 13.2 Å². The lowest BCUT2D eigenvalue weighted by molar-refractivity contribution is 0.217. The average molecular weight is 190 g/mol. The molecule has 1 aromatic heterocycles. The minimum atomic E-state index is 0.516. The fourth-order valence-electron chi connectivity index (χ4n) is 1.31. The Kier molecular flexibility index (Phi) is 2.79. The van der Waals surface area contributed by atoms with Gasteiger partial charge in [0.2, 0.25) is 0 Å². The van der Waals surface area contributed by atoms with Gasteiger partial charge < -0.3 is 10.1 Å². The van der Waals surface area contributed by atoms with Gasteiger partial charge in [-0.3, -0.25) is 4.98 Å². The number of pyridine rings is 1. The van der Waals surface area contributed by atoms with Crippen LogP contribution in [0.5, 0.6) is 5.75 Å². The van der Waals surface area contributed by atoms with E-state index >= 15 is 0 Å². The largest absolute Gasteiger partial charge is 0.490 e. The van der Waals surface area contributed by atoms with Crippen LogP contribution in [-0.2, 0) is 0 Å². The highest BCUT2D eigenvalue weighted by atomic mass is 16.5. The molecular formula is C11H14N2O. The molecule has 1 fully saturated rings. The van der Waals surface area contributed by atoms with Crippen molar-refractivity contribution in [1.82, 2.24) is 10.3 Å². The predicted octanol–water partition coefficient (Wildman–Crippen LogP) is 1.47. The first-order valence-corrected chi connectivity index (χ1v) is 4.82. The molecule has 0 aliphatic carbocycles. The highest BCUT2D eigenvalue weighted by molar-refractivity contribution is 5.47. The standard InChI is InChI=1S/C11H14N2O/c1-2-9-5-11(7-12-6-9)14-8-10-3-4-13-10/h2,5-7,10,13H,1,3-4,8H2. The van der Waals surface area contributed by atoms with E-state index in [1.54, 1.807) is 18.5 Å². The summed E-state index contributed by atoms with van der Waals surface area (Å²) in [6.45, 7) is 5.52. The second kappa shape index (κ2) is 4.24. The van der Waals surface area contributed by atoms with Crippen LogP contribution in [0.25, 0.3) is 6.08 Å². The van der Waals surface area contributed by atoms with Crippen molar-refractivity contribution in [3.8, 4) is 5.75 Å². The first-order chi connectivity index (χ1) is 6.88. The molecule has 1 saturated heterocycles. The predicted molar refractivity (Wildman–Crippen MR) is 56.2 cm³/mol. The normalized spacial score (nSPS) is 19.9. The molecule has 0 bridgehead atoms. The Morgan fingerprint density at radius 1 is 1.64 bits per heavy atom. The summed E-state index contributed by atoms with van der Waals surface area (Å²) in [6, 6.07) is 2.46. The van der Waals surface area contributed by atoms with Crippen LogP contribution in [0.4, 0.5) is 0 Å². The number of nitrogens with zero attached hydrogens (tertiary/aromatic N) is 1. The lowest BCUT2D eigenvalue weighted by Gasteiger charge is -2.27. The summed E-state index contributed by atoms with van der Waals surface area (Å²) in [7, 11) is 0. The zero-order chi connectivity index (χ0) is 9.80. The number of hydrogen-bond acceptors (Lipinski definition) is 3. The van der Waals surface area contributed by atoms with Gasteiger partial charge in [0.1, 0.15) is 12.4 Å². The topological polar surface area (TPSA) is 34.1 Å². The number of aromatic nitrogens is 1. The van der Waals surface area contributed by atoms with Crippen LogP contribution < -0.4 is 10.1 Å². The van der Waals surface area contributed by atoms with Crippen molar-refractivity contribution in [3.05, 3.63) is 30.6 Å². The summed E-state index contributed by atoms with van der Waals surface area (Å²) in [5.74, 6) is 0.816. The molecule has 2 heterocycles. The molecule has 14 heavy (non-hydrogen) atoms. The van der Waals surface area contributed by atoms with Gasteiger partial charge in [-0.05, 0) is 24.6 Å². The lowest BCUT2D eigenvalue weighted by atomic mass is 10.1. The number of hydrogen-bond donors (Lipinski definition) is 1. The molecular weight excluding hydrogens is 176 g/mol. The van der Waals surface area contributed by atoms with Gasteiger partial charge in [0.05, 0.1) is 6.20 Å². The molecule has 0 aromatic carbocycles. The van der Waals surface area contributed by atoms with E-state index in [9.17, 15) is 0 Å². The Balaban J connectivity index is 1.90. The summed E-state index contributed by atoms with van der Waals surface area (Å²) < 4.78 is 5.58. The van der Waals surface area contributed by atoms with Gasteiger partial charge in [0.25, 0.3) is 0 Å². The third kappa shape index (κ3) is 2.12. The van der Waals surface area contributed by atoms with Crippen LogP contribution in [0.1, 0.15) is 12.0 Å². The lowest BCUT2D eigenvalue weighted by Crippen LogP contribution is -2.46. The third-order valence-corrected chi connectivity index (χ3v) is 2.35. The summed E-state index contributed by atoms with van der Waals surface area (Å²) in [5, 5.41) is 3.28. The maximum Gasteiger partial charge on any atom is 0.138 e. The average Bonchev–Trinajstić information content (AvgIpc) is 2.16. The smallest absolute Gasteiger partial charge is 0.138 e. The molecule has 0 radical (unpaired) electrons. The molecule has 74 valence electrons. The fourth-order valence-corrected chi connectivity index (χ4v) is 1.31. The molecule has 3 nitrogen and oxygen atoms in total. The molecule has 1 aromatic rings. The molecule has 0 spiro atoms. The van der Waals surface area contributed by atoms with Crippen LogP contribution in [0.2, 0.25) is 0 Å². The SMILES string of the molecule is C=Cc1cncc(OCC2CCN2)c1. The van der Waals surface area contributed by atoms with E-state index in [0.29, 0.717) is 6.04 Å². The summed E-state index contributed by atoms with van der Waals surface area (Å²) in [6.07, 6.45) is 6.46. The Labute approximate surface area is 83.8 Å². The molecule has 3 heteroatoms. The van der Waals surface area contributed by atoms with Crippen LogP contribution in [0.15, 0.2) is 25.0 Å². The second-order valence-electron chi connectivity index (χ2n) is 3.41. The Morgan fingerprint density at radius 3 is 3.14 bits per heavy atom. The Bertz CT molecular complexity index is 321. The number of nitrogens with one attached hydrogen (secondary N) is 1. The van der Waals surface area contributed by atoms with Gasteiger partial charge in [-0.25, -0.2) is 0 Å². The molecule has 1 aliphatic rings. The monoisotopic (exact) mass is 190 g/mol. The van der Waals surface area contributed by atoms with Gasteiger partial charge in [-0.15, -0.1) is 0 Å². The van der Waals surface area contributed by atoms with E-state index < -0.39 is 0 Å². The van der Waals surface area contributed by atoms with Crippen LogP contribution in [0.3, 0.4) is 0 Å². The summed E-state index contributed by atoms with van der Waals surface area (Å²) >= 11 is 0. The van der Waals surface area contributed by atoms with Crippen molar-refractivity contribution in [3.63, 3.8) is 0 Å². The van der Waals surface area contributed by atoms with Crippen molar-refractivity contribution in [2.45, 2.75) is 12.5 Å². The zero-order valence-corrected chi connectivity index (χ0v) is 8.07. The van der Waals surface area contributed by atoms with Crippen LogP contribution >= 0.6 is 0 Å². The molecule has 1 atom stereocenters. The van der Waals surface area contributed by atoms with E-state index in [2.05, 4.69) is 16.9 Å². The first-order valence-electron chi connectivity index (χ1n) is 4.82. The van der Waals surface area contributed by atoms with Crippen molar-refractivity contribution >= 4 is 6.08 Å². The van der Waals surface area contributed by atoms with E-state index in [1.165, 1.54) is 6.42 Å². The molecule has 1 unspecified atom stereocenters. The molecule has 2 rings (SSSR count). The minimum Gasteiger partial charge on any atom is -0.490 e. The van der Waals surface area contributed by atoms with E-state index in [-0.39, 0.29) is 0 Å². The van der Waals surface area contributed by atoms with Crippen LogP contribution in [0, 0.1) is 0 Å². The molecule has 0 amide bonds. The molecule has 0 saturated carbocycles. The number of rotatable bonds is 4. The fraction of sp³-hybridized carbons (Fsp3) is 0.364. The quantitative estimate of drug-likeness (QED) is 0.780. The van der Waals surface area contributed by atoms with Gasteiger partial charge >= 0.3 is 0 Å². The van der Waals surface area contributed by atoms with E-state index in [4.69, 9.17) is 4.74 Å². The van der Waals surface area contributed by atoms with Crippen molar-refractivity contribution < 1.29 is 4.74 Å². The van der Waals surface area contributed by atoms with E-state index in [1.807, 2.05) is 6.07 Å². The Hall–Kier alpha value is -1.35. The van der Waals surface area contributed by atoms with Crippen LogP contribution in [-0.4, -0.2) is 24.2 Å². The highest BCUT2D eigenvalue weighted by Gasteiger charge is 2.16. The van der Waals surface area contributed by atoms with Crippen molar-refractivity contribution in [2.24, 2.45) is 0 Å². The summed E-state index contributed by atoms with van der Waals surface area (Å²) in [4.78, 5) is 4.06. The maximum atomic E-state index is 5.58. The van der Waals surface area contributed by atoms with Gasteiger partial charge in [-0.2, -0.15) is 0 Å². The third-order valence-electron chi connectivity index (χ3n) is 2.35. The van der Waals surface area contributed by atoms with Gasteiger partial charge in [0.15, 0.2) is 0 Å². The zero-order valence-electron chi connectivity index (χ0n) is 8.07. The highest BCUT2D eigenvalue weighted by Crippen LogP contribution is 2.13. The maximum absolute atomic E-state index is 5.58.